The van der Waals surface area contributed by atoms with Gasteiger partial charge in [0.15, 0.2) is 6.29 Å². The van der Waals surface area contributed by atoms with Crippen molar-refractivity contribution < 1.29 is 33.7 Å². The quantitative estimate of drug-likeness (QED) is 0.0918. The largest absolute Gasteiger partial charge is 0.445 e. The third-order valence-electron chi connectivity index (χ3n) is 10.5. The van der Waals surface area contributed by atoms with Crippen molar-refractivity contribution in [2.75, 3.05) is 5.75 Å². The number of alkyl carbamates (subject to hydrolysis) is 1. The molecule has 0 radical (unpaired) electrons. The number of rotatable bonds is 13. The Morgan fingerprint density at radius 1 is 0.847 bits per heavy atom. The van der Waals surface area contributed by atoms with Gasteiger partial charge in [-0.1, -0.05) is 140 Å². The number of hydrogen-bond acceptors (Lipinski definition) is 11. The second-order valence-corrected chi connectivity index (χ2v) is 15.4. The van der Waals surface area contributed by atoms with Crippen molar-refractivity contribution in [2.24, 2.45) is 5.92 Å². The number of tetrazole rings is 1. The molecule has 3 amide bonds. The third kappa shape index (κ3) is 9.11. The Bertz CT molecular complexity index is 2380. The van der Waals surface area contributed by atoms with E-state index >= 15 is 0 Å². The van der Waals surface area contributed by atoms with Gasteiger partial charge in [0.05, 0.1) is 37.5 Å². The molecular formula is C45H42N6O7S. The number of para-hydroxylation sites is 1. The van der Waals surface area contributed by atoms with Gasteiger partial charge in [-0.25, -0.2) is 4.79 Å². The van der Waals surface area contributed by atoms with Crippen molar-refractivity contribution in [1.29, 1.82) is 0 Å². The van der Waals surface area contributed by atoms with Gasteiger partial charge in [-0.2, -0.15) is 4.68 Å². The van der Waals surface area contributed by atoms with Crippen LogP contribution < -0.4 is 5.32 Å². The molecule has 14 heteroatoms. The first-order valence-electron chi connectivity index (χ1n) is 19.3. The van der Waals surface area contributed by atoms with E-state index in [1.54, 1.807) is 4.68 Å². The van der Waals surface area contributed by atoms with Crippen LogP contribution in [0, 0.1) is 5.92 Å². The van der Waals surface area contributed by atoms with E-state index in [9.17, 15) is 19.5 Å². The molecule has 3 heterocycles. The highest BCUT2D eigenvalue weighted by atomic mass is 32.2. The van der Waals surface area contributed by atoms with Crippen molar-refractivity contribution >= 4 is 29.7 Å². The molecule has 2 aliphatic heterocycles. The zero-order chi connectivity index (χ0) is 40.7. The molecule has 2 saturated heterocycles. The molecule has 59 heavy (non-hydrogen) atoms. The summed E-state index contributed by atoms with van der Waals surface area (Å²) in [6, 6.07) is 41.2. The van der Waals surface area contributed by atoms with Crippen molar-refractivity contribution in [3.8, 4) is 16.8 Å². The van der Waals surface area contributed by atoms with Gasteiger partial charge in [0.2, 0.25) is 11.1 Å². The molecule has 5 atom stereocenters. The van der Waals surface area contributed by atoms with Gasteiger partial charge in [-0.05, 0) is 55.9 Å². The molecule has 13 nitrogen and oxygen atoms in total. The number of hydrogen-bond donors (Lipinski definition) is 2. The molecule has 1 aromatic heterocycles. The van der Waals surface area contributed by atoms with Crippen LogP contribution in [0.5, 0.6) is 0 Å². The van der Waals surface area contributed by atoms with Crippen LogP contribution in [-0.2, 0) is 43.6 Å². The summed E-state index contributed by atoms with van der Waals surface area (Å²) in [6.45, 7) is 2.15. The molecule has 0 bridgehead atoms. The summed E-state index contributed by atoms with van der Waals surface area (Å²) in [5.41, 5.74) is 6.78. The van der Waals surface area contributed by atoms with Crippen LogP contribution >= 0.6 is 11.8 Å². The molecule has 6 aromatic rings. The second-order valence-electron chi connectivity index (χ2n) is 14.4. The van der Waals surface area contributed by atoms with Crippen LogP contribution in [0.2, 0.25) is 0 Å². The first-order valence-corrected chi connectivity index (χ1v) is 20.3. The van der Waals surface area contributed by atoms with Gasteiger partial charge in [0.1, 0.15) is 12.6 Å². The summed E-state index contributed by atoms with van der Waals surface area (Å²) in [5.74, 6) is -0.345. The summed E-state index contributed by atoms with van der Waals surface area (Å²) < 4.78 is 20.4. The van der Waals surface area contributed by atoms with Gasteiger partial charge in [0.25, 0.3) is 5.91 Å². The molecule has 8 rings (SSSR count). The highest BCUT2D eigenvalue weighted by Crippen LogP contribution is 2.43. The molecule has 0 aliphatic carbocycles. The average Bonchev–Trinajstić information content (AvgIpc) is 3.86. The van der Waals surface area contributed by atoms with Gasteiger partial charge in [-0.3, -0.25) is 14.5 Å². The van der Waals surface area contributed by atoms with Crippen LogP contribution in [0.3, 0.4) is 0 Å². The van der Waals surface area contributed by atoms with Crippen molar-refractivity contribution in [2.45, 2.75) is 62.8 Å². The number of ether oxygens (including phenoxy) is 3. The molecule has 300 valence electrons. The van der Waals surface area contributed by atoms with E-state index in [1.807, 2.05) is 133 Å². The number of nitrogens with zero attached hydrogens (tertiary/aromatic N) is 5. The molecule has 1 unspecified atom stereocenters. The Kier molecular flexibility index (Phi) is 12.2. The average molecular weight is 811 g/mol. The molecule has 0 spiro atoms. The summed E-state index contributed by atoms with van der Waals surface area (Å²) in [5, 5.41) is 25.3. The zero-order valence-electron chi connectivity index (χ0n) is 32.2. The third-order valence-corrected chi connectivity index (χ3v) is 11.5. The topological polar surface area (TPSA) is 158 Å². The van der Waals surface area contributed by atoms with Crippen LogP contribution in [0.1, 0.15) is 53.6 Å². The Balaban J connectivity index is 0.970. The number of aliphatic hydroxyl groups excluding tert-OH is 1. The number of thioether (sulfide) groups is 1. The fraction of sp³-hybridized carbons (Fsp3) is 0.244. The zero-order valence-corrected chi connectivity index (χ0v) is 33.0. The maximum absolute atomic E-state index is 13.4. The number of benzene rings is 5. The lowest BCUT2D eigenvalue weighted by atomic mass is 9.91. The van der Waals surface area contributed by atoms with Gasteiger partial charge in [-0.15, -0.1) is 5.10 Å². The smallest absolute Gasteiger partial charge is 0.408 e. The Hall–Kier alpha value is -6.19. The van der Waals surface area contributed by atoms with Gasteiger partial charge in [0, 0.05) is 17.2 Å². The highest BCUT2D eigenvalue weighted by molar-refractivity contribution is 7.99. The number of nitrogens with one attached hydrogen (secondary N) is 1. The van der Waals surface area contributed by atoms with E-state index in [-0.39, 0.29) is 50.2 Å². The van der Waals surface area contributed by atoms with Gasteiger partial charge < -0.3 is 24.6 Å². The van der Waals surface area contributed by atoms with E-state index in [1.165, 1.54) is 16.7 Å². The normalized spacial score (nSPS) is 20.4. The number of aliphatic hydroxyl groups is 1. The van der Waals surface area contributed by atoms with Crippen LogP contribution in [-0.4, -0.2) is 66.0 Å². The molecule has 2 fully saturated rings. The number of carbonyl (C=O) groups excluding carboxylic acids is 3. The SMILES string of the molecule is C[C@H]1[C@@H](CSc2nnnn2-c2ccccc2)O[C@@H](c2ccc(-c3ccccc3CN3C(=O)CC(NC(=O)OCc4ccccc4)C3=O)cc2)O[C@H]1c1ccc(CO)cc1. The fourth-order valence-corrected chi connectivity index (χ4v) is 8.32. The summed E-state index contributed by atoms with van der Waals surface area (Å²) in [6.07, 6.45) is -2.16. The Morgan fingerprint density at radius 2 is 1.54 bits per heavy atom. The van der Waals surface area contributed by atoms with Crippen molar-refractivity contribution in [3.05, 3.63) is 161 Å². The maximum atomic E-state index is 13.4. The first-order chi connectivity index (χ1) is 28.8. The minimum Gasteiger partial charge on any atom is -0.445 e. The lowest BCUT2D eigenvalue weighted by Crippen LogP contribution is -2.41. The van der Waals surface area contributed by atoms with E-state index in [0.29, 0.717) is 10.9 Å². The second kappa shape index (κ2) is 18.2. The van der Waals surface area contributed by atoms with Crippen LogP contribution in [0.25, 0.3) is 16.8 Å². The monoisotopic (exact) mass is 810 g/mol. The highest BCUT2D eigenvalue weighted by Gasteiger charge is 2.41. The molecular weight excluding hydrogens is 769 g/mol. The number of imide groups is 1. The first kappa shape index (κ1) is 39.6. The fourth-order valence-electron chi connectivity index (χ4n) is 7.27. The van der Waals surface area contributed by atoms with Crippen LogP contribution in [0.15, 0.2) is 139 Å². The maximum Gasteiger partial charge on any atom is 0.408 e. The summed E-state index contributed by atoms with van der Waals surface area (Å²) >= 11 is 1.51. The standard InChI is InChI=1S/C45H42N6O7S/c1-29-39(28-59-44-47-48-49-51(44)36-13-6-3-7-14-36)57-43(58-41(29)33-18-16-30(26-52)17-19-33)34-22-20-32(21-23-34)37-15-9-8-12-35(37)25-50-40(53)24-38(42(50)54)46-45(55)56-27-31-10-4-2-5-11-31/h2-23,29,38-39,41,43,52H,24-28H2,1H3,(H,46,55)/t29-,38?,39+,41+,43+/m0/s1. The lowest BCUT2D eigenvalue weighted by molar-refractivity contribution is -0.268. The minimum atomic E-state index is -1.01. The molecule has 2 N–H and O–H groups in total. The Labute approximate surface area is 345 Å². The lowest BCUT2D eigenvalue weighted by Gasteiger charge is -2.41. The predicted molar refractivity (Wildman–Crippen MR) is 218 cm³/mol. The van der Waals surface area contributed by atoms with E-state index < -0.39 is 24.3 Å². The van der Waals surface area contributed by atoms with E-state index in [2.05, 4.69) is 27.8 Å². The molecule has 0 saturated carbocycles. The van der Waals surface area contributed by atoms with E-state index in [0.717, 1.165) is 44.6 Å². The van der Waals surface area contributed by atoms with Crippen LogP contribution in [0.4, 0.5) is 4.79 Å². The number of carbonyl (C=O) groups is 3. The summed E-state index contributed by atoms with van der Waals surface area (Å²) in [4.78, 5) is 40.2. The number of amides is 3. The molecule has 2 aliphatic rings. The number of aromatic nitrogens is 4. The summed E-state index contributed by atoms with van der Waals surface area (Å²) in [7, 11) is 0. The molecule has 5 aromatic carbocycles. The minimum absolute atomic E-state index is 0.0447. The van der Waals surface area contributed by atoms with E-state index in [4.69, 9.17) is 14.2 Å². The van der Waals surface area contributed by atoms with Crippen molar-refractivity contribution in [3.63, 3.8) is 0 Å². The van der Waals surface area contributed by atoms with Gasteiger partial charge >= 0.3 is 6.09 Å². The predicted octanol–water partition coefficient (Wildman–Crippen LogP) is 6.96. The van der Waals surface area contributed by atoms with Crippen molar-refractivity contribution in [1.82, 2.24) is 30.4 Å². The number of likely N-dealkylation sites (tertiary alicyclic amines) is 1. The Morgan fingerprint density at radius 3 is 2.29 bits per heavy atom.